The lowest BCUT2D eigenvalue weighted by Crippen LogP contribution is -2.47. The van der Waals surface area contributed by atoms with Crippen molar-refractivity contribution in [1.29, 1.82) is 0 Å². The number of likely N-dealkylation sites (N-methyl/N-ethyl adjacent to an activating group) is 1. The smallest absolute Gasteiger partial charge is 0.248 e. The third kappa shape index (κ3) is 7.13. The van der Waals surface area contributed by atoms with Gasteiger partial charge in [0.2, 0.25) is 5.91 Å². The largest absolute Gasteiger partial charge is 0.508 e. The molecule has 3 aliphatic rings. The molecule has 0 spiro atoms. The second kappa shape index (κ2) is 14.3. The number of phenolic OH excluding ortho intramolecular Hbond substituents is 1. The molecular weight excluding hydrogens is 534 g/mol. The van der Waals surface area contributed by atoms with Gasteiger partial charge >= 0.3 is 0 Å². The summed E-state index contributed by atoms with van der Waals surface area (Å²) >= 11 is 0. The fraction of sp³-hybridized carbons (Fsp3) is 0.605. The molecule has 2 saturated carbocycles. The highest BCUT2D eigenvalue weighted by Crippen LogP contribution is 2.65. The van der Waals surface area contributed by atoms with Gasteiger partial charge in [-0.05, 0) is 121 Å². The number of hydrogen-bond acceptors (Lipinski definition) is 4. The van der Waals surface area contributed by atoms with Crippen LogP contribution in [0.5, 0.6) is 5.75 Å². The lowest BCUT2D eigenvalue weighted by atomic mass is 9.51. The predicted octanol–water partition coefficient (Wildman–Crippen LogP) is 7.19. The van der Waals surface area contributed by atoms with E-state index in [0.29, 0.717) is 36.0 Å². The van der Waals surface area contributed by atoms with Gasteiger partial charge < -0.3 is 19.8 Å². The molecule has 5 nitrogen and oxygen atoms in total. The number of carbonyl (C=O) groups is 1. The molecule has 232 valence electrons. The van der Waals surface area contributed by atoms with Crippen LogP contribution in [0.15, 0.2) is 42.5 Å². The second-order valence-electron chi connectivity index (χ2n) is 13.6. The number of aliphatic hydroxyl groups is 1. The van der Waals surface area contributed by atoms with Crippen LogP contribution in [0.3, 0.4) is 0 Å². The summed E-state index contributed by atoms with van der Waals surface area (Å²) in [4.78, 5) is 13.8. The van der Waals surface area contributed by atoms with Crippen molar-refractivity contribution in [3.8, 4) is 17.6 Å². The fourth-order valence-electron chi connectivity index (χ4n) is 8.36. The van der Waals surface area contributed by atoms with E-state index in [1.165, 1.54) is 16.7 Å². The number of nitrogens with zero attached hydrogens (tertiary/aromatic N) is 1. The molecule has 2 N–H and O–H groups in total. The molecule has 0 aliphatic heterocycles. The lowest BCUT2D eigenvalue weighted by molar-refractivity contribution is -0.134. The van der Waals surface area contributed by atoms with Crippen molar-refractivity contribution in [2.45, 2.75) is 102 Å². The van der Waals surface area contributed by atoms with Gasteiger partial charge in [-0.15, -0.1) is 0 Å². The van der Waals surface area contributed by atoms with Gasteiger partial charge in [0.15, 0.2) is 0 Å². The summed E-state index contributed by atoms with van der Waals surface area (Å²) in [5.74, 6) is 9.01. The molecule has 2 aromatic rings. The van der Waals surface area contributed by atoms with E-state index in [2.05, 4.69) is 56.0 Å². The number of unbranched alkanes of at least 4 members (excludes halogenated alkanes) is 4. The molecule has 0 saturated heterocycles. The number of aryl methyl sites for hydroxylation is 1. The molecule has 1 amide bonds. The maximum Gasteiger partial charge on any atom is 0.248 e. The Morgan fingerprint density at radius 3 is 2.67 bits per heavy atom. The van der Waals surface area contributed by atoms with Crippen LogP contribution < -0.4 is 0 Å². The molecule has 3 aliphatic carbocycles. The number of carbonyl (C=O) groups excluding carboxylic acids is 1. The van der Waals surface area contributed by atoms with Gasteiger partial charge in [0.25, 0.3) is 0 Å². The molecular formula is C38H51NO4. The number of benzene rings is 2. The molecule has 5 rings (SSSR count). The summed E-state index contributed by atoms with van der Waals surface area (Å²) in [5, 5.41) is 21.3. The molecule has 0 unspecified atom stereocenters. The minimum Gasteiger partial charge on any atom is -0.508 e. The summed E-state index contributed by atoms with van der Waals surface area (Å²) in [7, 11) is 1.84. The number of aromatic hydroxyl groups is 1. The summed E-state index contributed by atoms with van der Waals surface area (Å²) in [6, 6.07) is 14.9. The van der Waals surface area contributed by atoms with E-state index < -0.39 is 0 Å². The third-order valence-corrected chi connectivity index (χ3v) is 10.8. The van der Waals surface area contributed by atoms with Crippen LogP contribution in [-0.4, -0.2) is 53.9 Å². The summed E-state index contributed by atoms with van der Waals surface area (Å²) in [5.41, 5.74) is 5.05. The van der Waals surface area contributed by atoms with Gasteiger partial charge in [0, 0.05) is 32.2 Å². The standard InChI is InChI=1S/C38H51NO4/c1-4-5-22-39(3)36(42)26-43-23-10-8-6-7-9-11-27-12-14-28(15-13-27)33-25-38(2)34(20-21-35(38)41)32-18-16-29-24-30(40)17-19-31(29)37(32)33/h12-15,17,19,24,32-35,37,40-41H,4-8,10,16,18,20-23,25-26H2,1-3H3/t32-,33+,34-,35-,37+,38-/m0/s1. The molecule has 5 heteroatoms. The number of phenols is 1. The molecule has 2 fully saturated rings. The average molecular weight is 586 g/mol. The number of aliphatic hydroxyl groups excluding tert-OH is 1. The van der Waals surface area contributed by atoms with Crippen molar-refractivity contribution in [2.75, 3.05) is 26.8 Å². The fourth-order valence-corrected chi connectivity index (χ4v) is 8.36. The van der Waals surface area contributed by atoms with E-state index in [-0.39, 0.29) is 24.0 Å². The number of amides is 1. The van der Waals surface area contributed by atoms with E-state index in [1.54, 1.807) is 4.90 Å². The molecule has 0 bridgehead atoms. The van der Waals surface area contributed by atoms with E-state index in [9.17, 15) is 15.0 Å². The number of fused-ring (bicyclic) bond motifs is 5. The Morgan fingerprint density at radius 1 is 1.07 bits per heavy atom. The highest BCUT2D eigenvalue weighted by Gasteiger charge is 2.57. The lowest BCUT2D eigenvalue weighted by Gasteiger charge is -2.54. The first-order chi connectivity index (χ1) is 20.8. The van der Waals surface area contributed by atoms with Crippen LogP contribution in [0.1, 0.15) is 112 Å². The Morgan fingerprint density at radius 2 is 1.88 bits per heavy atom. The van der Waals surface area contributed by atoms with Gasteiger partial charge in [-0.2, -0.15) is 0 Å². The van der Waals surface area contributed by atoms with Gasteiger partial charge in [0.1, 0.15) is 12.4 Å². The van der Waals surface area contributed by atoms with E-state index in [0.717, 1.165) is 82.7 Å². The van der Waals surface area contributed by atoms with Crippen molar-refractivity contribution in [1.82, 2.24) is 4.90 Å². The van der Waals surface area contributed by atoms with E-state index in [4.69, 9.17) is 4.74 Å². The van der Waals surface area contributed by atoms with Crippen molar-refractivity contribution in [2.24, 2.45) is 17.3 Å². The quantitative estimate of drug-likeness (QED) is 0.216. The Bertz CT molecular complexity index is 1290. The topological polar surface area (TPSA) is 70.0 Å². The van der Waals surface area contributed by atoms with Crippen molar-refractivity contribution in [3.05, 3.63) is 64.7 Å². The van der Waals surface area contributed by atoms with Crippen LogP contribution in [0.2, 0.25) is 0 Å². The minimum absolute atomic E-state index is 0.0374. The van der Waals surface area contributed by atoms with Gasteiger partial charge in [0.05, 0.1) is 6.10 Å². The maximum atomic E-state index is 12.0. The third-order valence-electron chi connectivity index (χ3n) is 10.8. The minimum atomic E-state index is -0.224. The molecule has 6 atom stereocenters. The van der Waals surface area contributed by atoms with Crippen molar-refractivity contribution >= 4 is 5.91 Å². The molecule has 43 heavy (non-hydrogen) atoms. The SMILES string of the molecule is CCCCN(C)C(=O)COCCCCCC#Cc1ccc([C@H]2C[C@]3(C)[C@@H](O)CC[C@H]3[C@@H]3CCc4cc(O)ccc4[C@H]32)cc1. The Labute approximate surface area is 259 Å². The molecule has 0 heterocycles. The first kappa shape index (κ1) is 31.6. The summed E-state index contributed by atoms with van der Waals surface area (Å²) in [6.07, 6.45) is 10.9. The average Bonchev–Trinajstić information content (AvgIpc) is 3.32. The monoisotopic (exact) mass is 585 g/mol. The van der Waals surface area contributed by atoms with E-state index in [1.807, 2.05) is 19.2 Å². The van der Waals surface area contributed by atoms with Crippen LogP contribution in [-0.2, 0) is 16.0 Å². The Hall–Kier alpha value is -2.81. The zero-order valence-corrected chi connectivity index (χ0v) is 26.5. The zero-order chi connectivity index (χ0) is 30.4. The normalized spacial score (nSPS) is 27.4. The summed E-state index contributed by atoms with van der Waals surface area (Å²) in [6.45, 7) is 6.06. The number of rotatable bonds is 11. The van der Waals surface area contributed by atoms with Gasteiger partial charge in [-0.3, -0.25) is 4.79 Å². The Kier molecular flexibility index (Phi) is 10.5. The molecule has 0 radical (unpaired) electrons. The second-order valence-corrected chi connectivity index (χ2v) is 13.6. The van der Waals surface area contributed by atoms with Crippen LogP contribution in [0, 0.1) is 29.1 Å². The summed E-state index contributed by atoms with van der Waals surface area (Å²) < 4.78 is 5.57. The van der Waals surface area contributed by atoms with Crippen LogP contribution in [0.25, 0.3) is 0 Å². The van der Waals surface area contributed by atoms with Gasteiger partial charge in [-0.25, -0.2) is 0 Å². The van der Waals surface area contributed by atoms with Crippen LogP contribution >= 0.6 is 0 Å². The number of ether oxygens (including phenoxy) is 1. The zero-order valence-electron chi connectivity index (χ0n) is 26.5. The predicted molar refractivity (Wildman–Crippen MR) is 172 cm³/mol. The van der Waals surface area contributed by atoms with E-state index >= 15 is 0 Å². The number of hydrogen-bond donors (Lipinski definition) is 2. The van der Waals surface area contributed by atoms with Crippen LogP contribution in [0.4, 0.5) is 0 Å². The first-order valence-corrected chi connectivity index (χ1v) is 16.7. The van der Waals surface area contributed by atoms with Crippen molar-refractivity contribution in [3.63, 3.8) is 0 Å². The Balaban J connectivity index is 1.15. The highest BCUT2D eigenvalue weighted by molar-refractivity contribution is 5.77. The molecule has 0 aromatic heterocycles. The molecule has 2 aromatic carbocycles. The first-order valence-electron chi connectivity index (χ1n) is 16.7. The highest BCUT2D eigenvalue weighted by atomic mass is 16.5. The maximum absolute atomic E-state index is 12.0. The van der Waals surface area contributed by atoms with Gasteiger partial charge in [-0.1, -0.05) is 56.7 Å². The van der Waals surface area contributed by atoms with Crippen molar-refractivity contribution < 1.29 is 19.7 Å².